The molecule has 0 spiro atoms. The highest BCUT2D eigenvalue weighted by molar-refractivity contribution is 5.79. The third kappa shape index (κ3) is 4.26. The van der Waals surface area contributed by atoms with Gasteiger partial charge in [-0.15, -0.1) is 0 Å². The Morgan fingerprint density at radius 2 is 1.81 bits per heavy atom. The van der Waals surface area contributed by atoms with Gasteiger partial charge in [0.2, 0.25) is 5.91 Å². The molecule has 1 heterocycles. The summed E-state index contributed by atoms with van der Waals surface area (Å²) in [6, 6.07) is 18.9. The van der Waals surface area contributed by atoms with Crippen molar-refractivity contribution in [2.45, 2.75) is 25.9 Å². The fraction of sp³-hybridized carbons (Fsp3) is 0.273. The molecule has 1 amide bonds. The first-order chi connectivity index (χ1) is 13.0. The van der Waals surface area contributed by atoms with Crippen molar-refractivity contribution in [2.75, 3.05) is 14.1 Å². The van der Waals surface area contributed by atoms with Crippen LogP contribution >= 0.6 is 0 Å². The van der Waals surface area contributed by atoms with E-state index >= 15 is 0 Å². The van der Waals surface area contributed by atoms with Gasteiger partial charge in [-0.05, 0) is 32.6 Å². The number of nitrogens with two attached hydrogens (primary N) is 1. The van der Waals surface area contributed by atoms with Crippen LogP contribution in [0, 0.1) is 0 Å². The third-order valence-corrected chi connectivity index (χ3v) is 4.90. The van der Waals surface area contributed by atoms with Gasteiger partial charge in [0, 0.05) is 30.1 Å². The first kappa shape index (κ1) is 18.9. The predicted octanol–water partition coefficient (Wildman–Crippen LogP) is 3.72. The normalized spacial score (nSPS) is 12.3. The zero-order valence-electron chi connectivity index (χ0n) is 16.1. The molecule has 0 radical (unpaired) electrons. The molecule has 140 valence electrons. The second kappa shape index (κ2) is 8.18. The van der Waals surface area contributed by atoms with Crippen molar-refractivity contribution in [3.05, 3.63) is 66.5 Å². The number of imidazole rings is 1. The van der Waals surface area contributed by atoms with Gasteiger partial charge in [-0.1, -0.05) is 48.5 Å². The summed E-state index contributed by atoms with van der Waals surface area (Å²) in [5.41, 5.74) is 10.7. The van der Waals surface area contributed by atoms with E-state index in [1.54, 1.807) is 6.33 Å². The second-order valence-electron chi connectivity index (χ2n) is 6.98. The summed E-state index contributed by atoms with van der Waals surface area (Å²) in [4.78, 5) is 18.1. The van der Waals surface area contributed by atoms with E-state index in [0.717, 1.165) is 22.5 Å². The molecular weight excluding hydrogens is 336 g/mol. The molecule has 0 saturated heterocycles. The number of carbonyl (C=O) groups is 1. The molecule has 0 aliphatic heterocycles. The van der Waals surface area contributed by atoms with E-state index in [4.69, 9.17) is 5.73 Å². The van der Waals surface area contributed by atoms with E-state index in [-0.39, 0.29) is 12.3 Å². The van der Waals surface area contributed by atoms with Crippen molar-refractivity contribution in [2.24, 2.45) is 5.73 Å². The molecule has 5 nitrogen and oxygen atoms in total. The zero-order chi connectivity index (χ0) is 19.4. The molecule has 2 N–H and O–H groups in total. The number of benzene rings is 2. The van der Waals surface area contributed by atoms with Gasteiger partial charge in [0.15, 0.2) is 0 Å². The van der Waals surface area contributed by atoms with Crippen LogP contribution in [0.1, 0.15) is 24.9 Å². The van der Waals surface area contributed by atoms with E-state index in [9.17, 15) is 4.79 Å². The highest BCUT2D eigenvalue weighted by Gasteiger charge is 2.17. The molecule has 0 bridgehead atoms. The van der Waals surface area contributed by atoms with E-state index < -0.39 is 0 Å². The van der Waals surface area contributed by atoms with Crippen molar-refractivity contribution in [3.63, 3.8) is 0 Å². The van der Waals surface area contributed by atoms with Crippen molar-refractivity contribution >= 4 is 5.91 Å². The standard InChI is InChI=1S/C22H26N4O/c1-16(25(2)3)18-10-7-11-19(14-18)22-21(17-8-5-4-6-9-17)24-15-26(22)13-12-20(23)27/h4-11,14-16H,12-13H2,1-3H3,(H2,23,27). The van der Waals surface area contributed by atoms with Gasteiger partial charge in [0.25, 0.3) is 0 Å². The zero-order valence-corrected chi connectivity index (χ0v) is 16.1. The Kier molecular flexibility index (Phi) is 5.72. The fourth-order valence-corrected chi connectivity index (χ4v) is 3.14. The first-order valence-electron chi connectivity index (χ1n) is 9.13. The molecule has 1 aromatic heterocycles. The van der Waals surface area contributed by atoms with Crippen LogP contribution in [0.15, 0.2) is 60.9 Å². The lowest BCUT2D eigenvalue weighted by Crippen LogP contribution is -2.16. The number of hydrogen-bond acceptors (Lipinski definition) is 3. The maximum Gasteiger partial charge on any atom is 0.219 e. The maximum absolute atomic E-state index is 11.3. The summed E-state index contributed by atoms with van der Waals surface area (Å²) in [5, 5.41) is 0. The van der Waals surface area contributed by atoms with E-state index in [0.29, 0.717) is 12.6 Å². The number of amides is 1. The SMILES string of the molecule is CC(c1cccc(-c2c(-c3ccccc3)ncn2CCC(N)=O)c1)N(C)C. The van der Waals surface area contributed by atoms with E-state index in [1.165, 1.54) is 5.56 Å². The monoisotopic (exact) mass is 362 g/mol. The van der Waals surface area contributed by atoms with Crippen LogP contribution in [-0.4, -0.2) is 34.5 Å². The molecule has 27 heavy (non-hydrogen) atoms. The van der Waals surface area contributed by atoms with Crippen LogP contribution in [0.3, 0.4) is 0 Å². The molecule has 3 rings (SSSR count). The lowest BCUT2D eigenvalue weighted by molar-refractivity contribution is -0.118. The summed E-state index contributed by atoms with van der Waals surface area (Å²) >= 11 is 0. The second-order valence-corrected chi connectivity index (χ2v) is 6.98. The van der Waals surface area contributed by atoms with Crippen LogP contribution in [0.4, 0.5) is 0 Å². The minimum Gasteiger partial charge on any atom is -0.370 e. The number of carbonyl (C=O) groups excluding carboxylic acids is 1. The van der Waals surface area contributed by atoms with E-state index in [2.05, 4.69) is 67.3 Å². The Labute approximate surface area is 160 Å². The van der Waals surface area contributed by atoms with Gasteiger partial charge >= 0.3 is 0 Å². The third-order valence-electron chi connectivity index (χ3n) is 4.90. The van der Waals surface area contributed by atoms with Gasteiger partial charge in [-0.2, -0.15) is 0 Å². The maximum atomic E-state index is 11.3. The molecule has 3 aromatic rings. The predicted molar refractivity (Wildman–Crippen MR) is 109 cm³/mol. The molecule has 5 heteroatoms. The van der Waals surface area contributed by atoms with Gasteiger partial charge in [-0.3, -0.25) is 4.79 Å². The van der Waals surface area contributed by atoms with Crippen molar-refractivity contribution in [1.29, 1.82) is 0 Å². The summed E-state index contributed by atoms with van der Waals surface area (Å²) in [6.45, 7) is 2.69. The van der Waals surface area contributed by atoms with Crippen LogP contribution in [-0.2, 0) is 11.3 Å². The Bertz CT molecular complexity index is 915. The molecule has 0 aliphatic rings. The lowest BCUT2D eigenvalue weighted by Gasteiger charge is -2.21. The van der Waals surface area contributed by atoms with Crippen molar-refractivity contribution in [3.8, 4) is 22.5 Å². The first-order valence-corrected chi connectivity index (χ1v) is 9.13. The smallest absolute Gasteiger partial charge is 0.219 e. The number of hydrogen-bond donors (Lipinski definition) is 1. The minimum atomic E-state index is -0.314. The largest absolute Gasteiger partial charge is 0.370 e. The number of primary amides is 1. The fourth-order valence-electron chi connectivity index (χ4n) is 3.14. The van der Waals surface area contributed by atoms with Crippen molar-refractivity contribution < 1.29 is 4.79 Å². The van der Waals surface area contributed by atoms with Crippen LogP contribution in [0.2, 0.25) is 0 Å². The number of rotatable bonds is 7. The highest BCUT2D eigenvalue weighted by Crippen LogP contribution is 2.33. The number of aryl methyl sites for hydroxylation is 1. The highest BCUT2D eigenvalue weighted by atomic mass is 16.1. The Morgan fingerprint density at radius 1 is 1.11 bits per heavy atom. The average molecular weight is 362 g/mol. The van der Waals surface area contributed by atoms with Gasteiger partial charge in [-0.25, -0.2) is 4.98 Å². The minimum absolute atomic E-state index is 0.283. The number of aromatic nitrogens is 2. The molecule has 2 aromatic carbocycles. The Morgan fingerprint density at radius 3 is 2.48 bits per heavy atom. The topological polar surface area (TPSA) is 64.2 Å². The van der Waals surface area contributed by atoms with Crippen LogP contribution in [0.5, 0.6) is 0 Å². The Hall–Kier alpha value is -2.92. The molecule has 0 fully saturated rings. The molecule has 1 atom stereocenters. The lowest BCUT2D eigenvalue weighted by atomic mass is 10.00. The van der Waals surface area contributed by atoms with E-state index in [1.807, 2.05) is 22.8 Å². The van der Waals surface area contributed by atoms with Crippen LogP contribution < -0.4 is 5.73 Å². The van der Waals surface area contributed by atoms with Gasteiger partial charge in [0.1, 0.15) is 0 Å². The van der Waals surface area contributed by atoms with Crippen molar-refractivity contribution in [1.82, 2.24) is 14.5 Å². The summed E-state index contributed by atoms with van der Waals surface area (Å²) in [7, 11) is 4.15. The Balaban J connectivity index is 2.10. The summed E-state index contributed by atoms with van der Waals surface area (Å²) < 4.78 is 2.02. The quantitative estimate of drug-likeness (QED) is 0.697. The molecular formula is C22H26N4O. The van der Waals surface area contributed by atoms with Gasteiger partial charge < -0.3 is 15.2 Å². The number of nitrogens with zero attached hydrogens (tertiary/aromatic N) is 3. The summed E-state index contributed by atoms with van der Waals surface area (Å²) in [5.74, 6) is -0.314. The molecule has 1 unspecified atom stereocenters. The van der Waals surface area contributed by atoms with Gasteiger partial charge in [0.05, 0.1) is 17.7 Å². The average Bonchev–Trinajstić information content (AvgIpc) is 3.10. The van der Waals surface area contributed by atoms with Crippen LogP contribution in [0.25, 0.3) is 22.5 Å². The molecule has 0 aliphatic carbocycles. The molecule has 0 saturated carbocycles. The summed E-state index contributed by atoms with van der Waals surface area (Å²) in [6.07, 6.45) is 2.08.